The van der Waals surface area contributed by atoms with Gasteiger partial charge in [-0.25, -0.2) is 10.0 Å². The van der Waals surface area contributed by atoms with Crippen molar-refractivity contribution < 1.29 is 33.4 Å². The standard InChI is InChI=1S/C16H20N2O3.C16H22O4.C5H12N2.CH4/c1-10-8-11(2)13(12(3)9-10)14-15(19)17-4-6-21-7-5-18(17)16(14)20;1-6-19-15(17)14(16(18)20-7-2)13-11(4)8-10(3)9-12(13)5;1-2-4-6-7-5-3-1;/h8-9,14H,4-7H2,1-3H3;8-9,14H,6-7H2,1-5H3;6-7H,1-5H2;1H4. The van der Waals surface area contributed by atoms with E-state index in [9.17, 15) is 19.2 Å². The Hall–Kier alpha value is -3.80. The van der Waals surface area contributed by atoms with Crippen molar-refractivity contribution in [3.8, 4) is 0 Å². The number of ether oxygens (including phenoxy) is 3. The Labute approximate surface area is 293 Å². The summed E-state index contributed by atoms with van der Waals surface area (Å²) >= 11 is 0. The molecule has 0 bridgehead atoms. The van der Waals surface area contributed by atoms with Crippen LogP contribution < -0.4 is 10.9 Å². The third kappa shape index (κ3) is 10.8. The SMILES string of the molecule is C.C1CCNNCC1.CCOC(=O)C(C(=O)OCC)c1c(C)cc(C)cc1C.Cc1cc(C)c(C2C(=O)N3CCOCCN3C2=O)c(C)c1. The van der Waals surface area contributed by atoms with Gasteiger partial charge in [0, 0.05) is 13.1 Å². The average Bonchev–Trinajstić information content (AvgIpc) is 3.36. The molecule has 5 rings (SSSR count). The first-order valence-electron chi connectivity index (χ1n) is 17.1. The number of nitrogens with one attached hydrogen (secondary N) is 2. The topological polar surface area (TPSA) is 127 Å². The van der Waals surface area contributed by atoms with Crippen LogP contribution in [-0.4, -0.2) is 86.4 Å². The summed E-state index contributed by atoms with van der Waals surface area (Å²) in [5, 5.41) is 3.11. The second kappa shape index (κ2) is 20.0. The van der Waals surface area contributed by atoms with Crippen LogP contribution in [0.3, 0.4) is 0 Å². The Balaban J connectivity index is 0.000000280. The zero-order valence-electron chi connectivity index (χ0n) is 30.0. The third-order valence-corrected chi connectivity index (χ3v) is 8.52. The van der Waals surface area contributed by atoms with E-state index in [4.69, 9.17) is 14.2 Å². The van der Waals surface area contributed by atoms with Gasteiger partial charge in [-0.2, -0.15) is 0 Å². The first kappa shape index (κ1) is 41.4. The van der Waals surface area contributed by atoms with E-state index in [2.05, 4.69) is 10.9 Å². The number of hydrogen-bond acceptors (Lipinski definition) is 9. The molecule has 11 nitrogen and oxygen atoms in total. The molecule has 3 aliphatic heterocycles. The van der Waals surface area contributed by atoms with Gasteiger partial charge in [-0.1, -0.05) is 49.2 Å². The van der Waals surface area contributed by atoms with Gasteiger partial charge in [-0.05, 0) is 102 Å². The molecule has 3 aliphatic rings. The van der Waals surface area contributed by atoms with E-state index < -0.39 is 23.8 Å². The summed E-state index contributed by atoms with van der Waals surface area (Å²) in [7, 11) is 0. The fraction of sp³-hybridized carbons (Fsp3) is 0.579. The van der Waals surface area contributed by atoms with E-state index in [-0.39, 0.29) is 32.5 Å². The first-order valence-corrected chi connectivity index (χ1v) is 17.1. The van der Waals surface area contributed by atoms with Crippen molar-refractivity contribution in [1.82, 2.24) is 20.9 Å². The van der Waals surface area contributed by atoms with Crippen molar-refractivity contribution in [2.45, 2.75) is 93.9 Å². The van der Waals surface area contributed by atoms with Gasteiger partial charge in [0.25, 0.3) is 11.8 Å². The highest BCUT2D eigenvalue weighted by atomic mass is 16.6. The lowest BCUT2D eigenvalue weighted by Gasteiger charge is -2.23. The highest BCUT2D eigenvalue weighted by Gasteiger charge is 2.47. The molecule has 49 heavy (non-hydrogen) atoms. The number of carbonyl (C=O) groups excluding carboxylic acids is 4. The zero-order valence-corrected chi connectivity index (χ0v) is 30.0. The summed E-state index contributed by atoms with van der Waals surface area (Å²) < 4.78 is 15.4. The van der Waals surface area contributed by atoms with Crippen LogP contribution in [0.15, 0.2) is 24.3 Å². The number of nitrogens with zero attached hydrogens (tertiary/aromatic N) is 2. The van der Waals surface area contributed by atoms with Crippen molar-refractivity contribution in [2.75, 3.05) is 52.6 Å². The maximum absolute atomic E-state index is 12.7. The lowest BCUT2D eigenvalue weighted by atomic mass is 9.89. The summed E-state index contributed by atoms with van der Waals surface area (Å²) in [6.07, 6.45) is 4.03. The van der Waals surface area contributed by atoms with Crippen molar-refractivity contribution >= 4 is 23.8 Å². The first-order chi connectivity index (χ1) is 22.9. The van der Waals surface area contributed by atoms with E-state index in [0.29, 0.717) is 31.9 Å². The largest absolute Gasteiger partial charge is 0.465 e. The average molecular weight is 683 g/mol. The molecule has 3 fully saturated rings. The number of rotatable bonds is 6. The van der Waals surface area contributed by atoms with Crippen molar-refractivity contribution in [2.24, 2.45) is 0 Å². The fourth-order valence-electron chi connectivity index (χ4n) is 6.61. The smallest absolute Gasteiger partial charge is 0.324 e. The molecule has 11 heteroatoms. The van der Waals surface area contributed by atoms with Gasteiger partial charge in [0.1, 0.15) is 5.92 Å². The molecule has 0 unspecified atom stereocenters. The van der Waals surface area contributed by atoms with Crippen LogP contribution in [0.2, 0.25) is 0 Å². The second-order valence-corrected chi connectivity index (χ2v) is 12.4. The molecule has 0 spiro atoms. The molecule has 0 atom stereocenters. The number of aryl methyl sites for hydroxylation is 6. The number of carbonyl (C=O) groups is 4. The Morgan fingerprint density at radius 3 is 1.55 bits per heavy atom. The number of hydrogen-bond donors (Lipinski definition) is 2. The molecule has 2 N–H and O–H groups in total. The van der Waals surface area contributed by atoms with Crippen LogP contribution >= 0.6 is 0 Å². The van der Waals surface area contributed by atoms with Gasteiger partial charge in [0.2, 0.25) is 0 Å². The number of benzene rings is 2. The summed E-state index contributed by atoms with van der Waals surface area (Å²) in [4.78, 5) is 49.7. The van der Waals surface area contributed by atoms with Gasteiger partial charge in [-0.15, -0.1) is 0 Å². The van der Waals surface area contributed by atoms with Gasteiger partial charge < -0.3 is 14.2 Å². The molecule has 3 heterocycles. The summed E-state index contributed by atoms with van der Waals surface area (Å²) in [6.45, 7) is 19.8. The zero-order chi connectivity index (χ0) is 35.4. The number of amides is 2. The van der Waals surface area contributed by atoms with Crippen molar-refractivity contribution in [3.63, 3.8) is 0 Å². The Kier molecular flexibility index (Phi) is 16.9. The maximum atomic E-state index is 12.7. The number of fused-ring (bicyclic) bond motifs is 1. The molecule has 2 aromatic rings. The van der Waals surface area contributed by atoms with Crippen LogP contribution in [0.1, 0.15) is 96.9 Å². The molecule has 0 saturated carbocycles. The minimum atomic E-state index is -1.00. The van der Waals surface area contributed by atoms with E-state index in [1.54, 1.807) is 23.9 Å². The van der Waals surface area contributed by atoms with E-state index in [1.807, 2.05) is 65.8 Å². The predicted molar refractivity (Wildman–Crippen MR) is 191 cm³/mol. The number of esters is 2. The summed E-state index contributed by atoms with van der Waals surface area (Å²) in [5.74, 6) is -3.05. The van der Waals surface area contributed by atoms with Gasteiger partial charge >= 0.3 is 11.9 Å². The van der Waals surface area contributed by atoms with Crippen molar-refractivity contribution in [3.05, 3.63) is 68.8 Å². The molecule has 2 amide bonds. The van der Waals surface area contributed by atoms with Crippen LogP contribution in [0.5, 0.6) is 0 Å². The Bertz CT molecular complexity index is 1340. The minimum absolute atomic E-state index is 0. The molecule has 272 valence electrons. The minimum Gasteiger partial charge on any atom is -0.465 e. The third-order valence-electron chi connectivity index (χ3n) is 8.52. The van der Waals surface area contributed by atoms with Gasteiger partial charge in [0.05, 0.1) is 39.5 Å². The fourth-order valence-corrected chi connectivity index (χ4v) is 6.61. The highest BCUT2D eigenvalue weighted by Crippen LogP contribution is 2.34. The molecule has 0 radical (unpaired) electrons. The van der Waals surface area contributed by atoms with Gasteiger partial charge in [-0.3, -0.25) is 30.0 Å². The molecule has 0 aromatic heterocycles. The summed E-state index contributed by atoms with van der Waals surface area (Å²) in [5.41, 5.74) is 13.8. The normalized spacial score (nSPS) is 16.3. The molecular weight excluding hydrogens is 624 g/mol. The second-order valence-electron chi connectivity index (χ2n) is 12.4. The van der Waals surface area contributed by atoms with Crippen LogP contribution in [0.4, 0.5) is 0 Å². The van der Waals surface area contributed by atoms with Gasteiger partial charge in [0.15, 0.2) is 5.92 Å². The van der Waals surface area contributed by atoms with E-state index in [0.717, 1.165) is 52.0 Å². The van der Waals surface area contributed by atoms with Crippen molar-refractivity contribution in [1.29, 1.82) is 0 Å². The number of hydrazine groups is 2. The van der Waals surface area contributed by atoms with E-state index in [1.165, 1.54) is 19.3 Å². The monoisotopic (exact) mass is 682 g/mol. The Morgan fingerprint density at radius 1 is 0.735 bits per heavy atom. The van der Waals surface area contributed by atoms with E-state index >= 15 is 0 Å². The van der Waals surface area contributed by atoms with Crippen LogP contribution in [-0.2, 0) is 33.4 Å². The van der Waals surface area contributed by atoms with Crippen LogP contribution in [0, 0.1) is 41.5 Å². The molecule has 3 saturated heterocycles. The quantitative estimate of drug-likeness (QED) is 0.319. The summed E-state index contributed by atoms with van der Waals surface area (Å²) in [6, 6.07) is 7.97. The molecule has 2 aromatic carbocycles. The lowest BCUT2D eigenvalue weighted by molar-refractivity contribution is -0.157. The molecular formula is C38H58N4O7. The maximum Gasteiger partial charge on any atom is 0.324 e. The Morgan fingerprint density at radius 2 is 1.14 bits per heavy atom. The van der Waals surface area contributed by atoms with Crippen LogP contribution in [0.25, 0.3) is 0 Å². The molecule has 0 aliphatic carbocycles. The highest BCUT2D eigenvalue weighted by molar-refractivity contribution is 6.10. The lowest BCUT2D eigenvalue weighted by Crippen LogP contribution is -2.41. The predicted octanol–water partition coefficient (Wildman–Crippen LogP) is 5.03.